The summed E-state index contributed by atoms with van der Waals surface area (Å²) in [6, 6.07) is 17.7. The molecule has 7 nitrogen and oxygen atoms in total. The maximum absolute atomic E-state index is 12.2. The van der Waals surface area contributed by atoms with E-state index in [1.54, 1.807) is 18.2 Å². The highest BCUT2D eigenvalue weighted by molar-refractivity contribution is 5.92. The van der Waals surface area contributed by atoms with E-state index in [2.05, 4.69) is 6.92 Å². The van der Waals surface area contributed by atoms with Crippen molar-refractivity contribution >= 4 is 29.4 Å². The van der Waals surface area contributed by atoms with E-state index in [0.717, 1.165) is 18.4 Å². The molecular weight excluding hydrogens is 456 g/mol. The molecule has 0 aromatic heterocycles. The summed E-state index contributed by atoms with van der Waals surface area (Å²) < 4.78 is 11.1. The van der Waals surface area contributed by atoms with Crippen LogP contribution in [0.1, 0.15) is 53.2 Å². The second-order valence-electron chi connectivity index (χ2n) is 8.46. The Bertz CT molecular complexity index is 1200. The van der Waals surface area contributed by atoms with Gasteiger partial charge in [0.15, 0.2) is 0 Å². The van der Waals surface area contributed by atoms with Crippen molar-refractivity contribution in [1.82, 2.24) is 0 Å². The highest BCUT2D eigenvalue weighted by Crippen LogP contribution is 2.23. The second-order valence-corrected chi connectivity index (χ2v) is 8.46. The molecule has 0 atom stereocenters. The number of rotatable bonds is 12. The zero-order valence-corrected chi connectivity index (χ0v) is 20.4. The van der Waals surface area contributed by atoms with Crippen molar-refractivity contribution in [3.63, 3.8) is 0 Å². The van der Waals surface area contributed by atoms with Crippen LogP contribution >= 0.6 is 0 Å². The molecule has 0 aliphatic heterocycles. The van der Waals surface area contributed by atoms with Crippen molar-refractivity contribution in [2.24, 2.45) is 0 Å². The lowest BCUT2D eigenvalue weighted by Crippen LogP contribution is -2.11. The first kappa shape index (κ1) is 26.3. The van der Waals surface area contributed by atoms with Crippen LogP contribution in [0.3, 0.4) is 0 Å². The fourth-order valence-corrected chi connectivity index (χ4v) is 3.75. The maximum atomic E-state index is 12.2. The van der Waals surface area contributed by atoms with E-state index < -0.39 is 11.9 Å². The minimum absolute atomic E-state index is 0.0754. The minimum atomic E-state index is -1.09. The molecule has 5 N–H and O–H groups in total. The van der Waals surface area contributed by atoms with Crippen LogP contribution in [0.2, 0.25) is 0 Å². The van der Waals surface area contributed by atoms with Gasteiger partial charge in [-0.05, 0) is 72.0 Å². The van der Waals surface area contributed by atoms with E-state index >= 15 is 0 Å². The highest BCUT2D eigenvalue weighted by Gasteiger charge is 2.14. The molecule has 188 valence electrons. The van der Waals surface area contributed by atoms with Gasteiger partial charge in [-0.1, -0.05) is 44.0 Å². The molecule has 7 heteroatoms. The first-order valence-corrected chi connectivity index (χ1v) is 12.0. The smallest absolute Gasteiger partial charge is 0.336 e. The molecule has 0 saturated heterocycles. The number of carboxylic acids is 1. The van der Waals surface area contributed by atoms with Crippen molar-refractivity contribution in [3.05, 3.63) is 89.0 Å². The first-order chi connectivity index (χ1) is 17.4. The molecule has 0 saturated carbocycles. The average molecular weight is 489 g/mol. The maximum Gasteiger partial charge on any atom is 0.336 e. The van der Waals surface area contributed by atoms with Crippen LogP contribution in [-0.4, -0.2) is 23.7 Å². The molecule has 36 heavy (non-hydrogen) atoms. The predicted molar refractivity (Wildman–Crippen MR) is 142 cm³/mol. The zero-order valence-electron chi connectivity index (χ0n) is 20.4. The molecule has 0 aliphatic carbocycles. The monoisotopic (exact) mass is 488 g/mol. The number of carboxylic acid groups (broad SMARTS) is 1. The van der Waals surface area contributed by atoms with Crippen LogP contribution < -0.4 is 20.9 Å². The fraction of sp³-hybridized carbons (Fsp3) is 0.241. The van der Waals surface area contributed by atoms with E-state index in [0.29, 0.717) is 34.9 Å². The third-order valence-corrected chi connectivity index (χ3v) is 5.66. The topological polar surface area (TPSA) is 125 Å². The van der Waals surface area contributed by atoms with Crippen molar-refractivity contribution in [3.8, 4) is 11.5 Å². The van der Waals surface area contributed by atoms with Crippen molar-refractivity contribution in [1.29, 1.82) is 0 Å². The van der Waals surface area contributed by atoms with Crippen molar-refractivity contribution < 1.29 is 24.2 Å². The summed E-state index contributed by atoms with van der Waals surface area (Å²) in [6.07, 6.45) is 7.95. The Morgan fingerprint density at radius 1 is 0.917 bits per heavy atom. The summed E-state index contributed by atoms with van der Waals surface area (Å²) in [4.78, 5) is 23.6. The molecule has 0 radical (unpaired) electrons. The number of carbonyl (C=O) groups excluding carboxylic acids is 1. The number of hydrogen-bond donors (Lipinski definition) is 3. The molecule has 0 heterocycles. The number of esters is 1. The Morgan fingerprint density at radius 2 is 1.61 bits per heavy atom. The van der Waals surface area contributed by atoms with Gasteiger partial charge in [-0.3, -0.25) is 0 Å². The summed E-state index contributed by atoms with van der Waals surface area (Å²) in [5, 5.41) is 9.39. The van der Waals surface area contributed by atoms with Crippen molar-refractivity contribution in [2.75, 3.05) is 18.1 Å². The summed E-state index contributed by atoms with van der Waals surface area (Å²) in [6.45, 7) is 2.42. The second kappa shape index (κ2) is 13.0. The third-order valence-electron chi connectivity index (χ3n) is 5.66. The molecule has 0 aliphatic rings. The Kier molecular flexibility index (Phi) is 9.51. The normalized spacial score (nSPS) is 10.9. The van der Waals surface area contributed by atoms with Gasteiger partial charge in [0.1, 0.15) is 11.5 Å². The SMILES string of the molecule is CCCCCc1ccc(OC(=O)/C=C/c2ccc(OCCc3c(N)cc(N)cc3C(=O)O)cc2)cc1. The number of ether oxygens (including phenoxy) is 2. The first-order valence-electron chi connectivity index (χ1n) is 12.0. The predicted octanol–water partition coefficient (Wildman–Crippen LogP) is 5.52. The van der Waals surface area contributed by atoms with Crippen LogP contribution in [0.15, 0.2) is 66.7 Å². The summed E-state index contributed by atoms with van der Waals surface area (Å²) >= 11 is 0. The fourth-order valence-electron chi connectivity index (χ4n) is 3.75. The van der Waals surface area contributed by atoms with Crippen LogP contribution in [0.4, 0.5) is 11.4 Å². The number of aryl methyl sites for hydroxylation is 1. The summed E-state index contributed by atoms with van der Waals surface area (Å²) in [5.74, 6) is -0.414. The van der Waals surface area contributed by atoms with Gasteiger partial charge in [0.2, 0.25) is 0 Å². The standard InChI is InChI=1S/C29H32N2O5/c1-2-3-4-5-20-8-13-24(14-9-20)36-28(32)15-10-21-6-11-23(12-7-21)35-17-16-25-26(29(33)34)18-22(30)19-27(25)31/h6-15,18-19H,2-5,16-17,30-31H2,1H3,(H,33,34)/b15-10+. The van der Waals surface area contributed by atoms with E-state index in [9.17, 15) is 14.7 Å². The lowest BCUT2D eigenvalue weighted by atomic mass is 10.0. The van der Waals surface area contributed by atoms with Gasteiger partial charge >= 0.3 is 11.9 Å². The summed E-state index contributed by atoms with van der Waals surface area (Å²) in [5.41, 5.74) is 14.9. The highest BCUT2D eigenvalue weighted by atomic mass is 16.5. The van der Waals surface area contributed by atoms with E-state index in [1.807, 2.05) is 36.4 Å². The summed E-state index contributed by atoms with van der Waals surface area (Å²) in [7, 11) is 0. The third kappa shape index (κ3) is 7.91. The quantitative estimate of drug-likeness (QED) is 0.101. The number of aromatic carboxylic acids is 1. The van der Waals surface area contributed by atoms with Crippen LogP contribution in [0.25, 0.3) is 6.08 Å². The molecule has 3 aromatic rings. The number of carbonyl (C=O) groups is 2. The Balaban J connectivity index is 1.48. The lowest BCUT2D eigenvalue weighted by Gasteiger charge is -2.12. The molecule has 3 aromatic carbocycles. The molecule has 0 unspecified atom stereocenters. The number of nitrogen functional groups attached to an aromatic ring is 2. The largest absolute Gasteiger partial charge is 0.493 e. The van der Waals surface area contributed by atoms with Gasteiger partial charge in [0.05, 0.1) is 12.2 Å². The molecule has 0 bridgehead atoms. The van der Waals surface area contributed by atoms with Gasteiger partial charge < -0.3 is 26.0 Å². The van der Waals surface area contributed by atoms with Gasteiger partial charge in [0, 0.05) is 23.9 Å². The zero-order chi connectivity index (χ0) is 25.9. The number of hydrogen-bond acceptors (Lipinski definition) is 6. The van der Waals surface area contributed by atoms with Gasteiger partial charge in [-0.2, -0.15) is 0 Å². The Hall–Kier alpha value is -4.26. The van der Waals surface area contributed by atoms with E-state index in [1.165, 1.54) is 36.6 Å². The molecule has 0 fully saturated rings. The number of nitrogens with two attached hydrogens (primary N) is 2. The lowest BCUT2D eigenvalue weighted by molar-refractivity contribution is -0.128. The van der Waals surface area contributed by atoms with Crippen LogP contribution in [0.5, 0.6) is 11.5 Å². The van der Waals surface area contributed by atoms with Crippen LogP contribution in [0, 0.1) is 0 Å². The van der Waals surface area contributed by atoms with Gasteiger partial charge in [0.25, 0.3) is 0 Å². The number of unbranched alkanes of at least 4 members (excludes halogenated alkanes) is 2. The van der Waals surface area contributed by atoms with Gasteiger partial charge in [-0.25, -0.2) is 9.59 Å². The van der Waals surface area contributed by atoms with E-state index in [-0.39, 0.29) is 12.2 Å². The molecule has 3 rings (SSSR count). The molecule has 0 spiro atoms. The molecular formula is C29H32N2O5. The van der Waals surface area contributed by atoms with E-state index in [4.69, 9.17) is 20.9 Å². The van der Waals surface area contributed by atoms with Crippen molar-refractivity contribution in [2.45, 2.75) is 39.0 Å². The minimum Gasteiger partial charge on any atom is -0.493 e. The van der Waals surface area contributed by atoms with Gasteiger partial charge in [-0.15, -0.1) is 0 Å². The number of anilines is 2. The molecule has 0 amide bonds. The number of benzene rings is 3. The average Bonchev–Trinajstić information content (AvgIpc) is 2.85. The Morgan fingerprint density at radius 3 is 2.28 bits per heavy atom. The van der Waals surface area contributed by atoms with Crippen LogP contribution in [-0.2, 0) is 17.6 Å². The Labute approximate surface area is 211 Å².